The molecule has 4 aromatic rings. The van der Waals surface area contributed by atoms with Gasteiger partial charge in [0.15, 0.2) is 11.0 Å². The first kappa shape index (κ1) is 19.3. The van der Waals surface area contributed by atoms with Gasteiger partial charge in [0.25, 0.3) is 0 Å². The van der Waals surface area contributed by atoms with Gasteiger partial charge in [-0.2, -0.15) is 0 Å². The minimum absolute atomic E-state index is 0.272. The molecule has 0 spiro atoms. The highest BCUT2D eigenvalue weighted by atomic mass is 32.2. The number of thioether (sulfide) groups is 1. The molecule has 2 aromatic heterocycles. The molecule has 1 aliphatic carbocycles. The molecule has 0 atom stereocenters. The van der Waals surface area contributed by atoms with Gasteiger partial charge in [-0.1, -0.05) is 36.0 Å². The van der Waals surface area contributed by atoms with Crippen molar-refractivity contribution in [2.45, 2.75) is 29.8 Å². The second-order valence-electron chi connectivity index (χ2n) is 7.05. The summed E-state index contributed by atoms with van der Waals surface area (Å²) >= 11 is 3.20. The molecule has 30 heavy (non-hydrogen) atoms. The van der Waals surface area contributed by atoms with Gasteiger partial charge in [0.1, 0.15) is 16.6 Å². The highest BCUT2D eigenvalue weighted by molar-refractivity contribution is 7.98. The predicted molar refractivity (Wildman–Crippen MR) is 117 cm³/mol. The van der Waals surface area contributed by atoms with Crippen LogP contribution in [0.4, 0.5) is 4.39 Å². The molecule has 2 aromatic carbocycles. The average Bonchev–Trinajstić information content (AvgIpc) is 3.35. The van der Waals surface area contributed by atoms with Crippen LogP contribution in [0.15, 0.2) is 59.1 Å². The minimum Gasteiger partial charge on any atom is -0.497 e. The van der Waals surface area contributed by atoms with E-state index in [1.165, 1.54) is 6.07 Å². The second-order valence-corrected chi connectivity index (χ2v) is 8.85. The molecular weight excluding hydrogens is 419 g/mol. The summed E-state index contributed by atoms with van der Waals surface area (Å²) in [5, 5.41) is 12.5. The molecule has 1 aliphatic rings. The molecule has 1 saturated carbocycles. The van der Waals surface area contributed by atoms with Crippen LogP contribution in [0.3, 0.4) is 0 Å². The molecule has 5 nitrogen and oxygen atoms in total. The van der Waals surface area contributed by atoms with Gasteiger partial charge in [-0.25, -0.2) is 9.37 Å². The van der Waals surface area contributed by atoms with E-state index in [1.807, 2.05) is 30.3 Å². The Kier molecular flexibility index (Phi) is 5.26. The SMILES string of the molecule is COc1cccc(-c2nc(CSc3nnc(-c4ccccc4F)n3C3CC3)cs2)c1. The van der Waals surface area contributed by atoms with E-state index in [-0.39, 0.29) is 5.82 Å². The first-order valence-corrected chi connectivity index (χ1v) is 11.5. The van der Waals surface area contributed by atoms with Crippen molar-refractivity contribution in [3.63, 3.8) is 0 Å². The maximum Gasteiger partial charge on any atom is 0.192 e. The Morgan fingerprint density at radius 3 is 2.83 bits per heavy atom. The van der Waals surface area contributed by atoms with Crippen molar-refractivity contribution in [3.05, 3.63) is 65.4 Å². The molecule has 0 unspecified atom stereocenters. The summed E-state index contributed by atoms with van der Waals surface area (Å²) in [6.07, 6.45) is 2.15. The third-order valence-electron chi connectivity index (χ3n) is 4.91. The van der Waals surface area contributed by atoms with Gasteiger partial charge in [0.05, 0.1) is 18.4 Å². The second kappa shape index (κ2) is 8.20. The highest BCUT2D eigenvalue weighted by Crippen LogP contribution is 2.42. The largest absolute Gasteiger partial charge is 0.497 e. The van der Waals surface area contributed by atoms with Crippen LogP contribution in [0, 0.1) is 5.82 Å². The smallest absolute Gasteiger partial charge is 0.192 e. The molecule has 2 heterocycles. The number of ether oxygens (including phenoxy) is 1. The van der Waals surface area contributed by atoms with Crippen LogP contribution in [-0.4, -0.2) is 26.9 Å². The van der Waals surface area contributed by atoms with E-state index in [0.717, 1.165) is 40.0 Å². The summed E-state index contributed by atoms with van der Waals surface area (Å²) in [4.78, 5) is 4.76. The summed E-state index contributed by atoms with van der Waals surface area (Å²) in [5.74, 6) is 1.83. The van der Waals surface area contributed by atoms with Gasteiger partial charge in [-0.15, -0.1) is 21.5 Å². The van der Waals surface area contributed by atoms with Gasteiger partial charge >= 0.3 is 0 Å². The standard InChI is InChI=1S/C22H19FN4OS2/c1-28-17-6-4-5-14(11-17)21-24-15(12-29-21)13-30-22-26-25-20(27(22)16-9-10-16)18-7-2-3-8-19(18)23/h2-8,11-12,16H,9-10,13H2,1H3. The lowest BCUT2D eigenvalue weighted by atomic mass is 10.2. The van der Waals surface area contributed by atoms with Crippen LogP contribution in [0.2, 0.25) is 0 Å². The number of rotatable bonds is 7. The average molecular weight is 439 g/mol. The Labute approximate surface area is 182 Å². The molecule has 8 heteroatoms. The predicted octanol–water partition coefficient (Wildman–Crippen LogP) is 5.84. The molecule has 152 valence electrons. The minimum atomic E-state index is -0.272. The Bertz CT molecular complexity index is 1190. The molecule has 0 amide bonds. The van der Waals surface area contributed by atoms with Crippen LogP contribution in [0.1, 0.15) is 24.6 Å². The molecule has 1 fully saturated rings. The Balaban J connectivity index is 1.36. The molecular formula is C22H19FN4OS2. The zero-order valence-electron chi connectivity index (χ0n) is 16.3. The van der Waals surface area contributed by atoms with E-state index in [4.69, 9.17) is 9.72 Å². The van der Waals surface area contributed by atoms with Crippen LogP contribution < -0.4 is 4.74 Å². The summed E-state index contributed by atoms with van der Waals surface area (Å²) in [6.45, 7) is 0. The van der Waals surface area contributed by atoms with Crippen molar-refractivity contribution in [1.82, 2.24) is 19.7 Å². The van der Waals surface area contributed by atoms with Crippen molar-refractivity contribution in [2.24, 2.45) is 0 Å². The zero-order chi connectivity index (χ0) is 20.5. The lowest BCUT2D eigenvalue weighted by molar-refractivity contribution is 0.415. The molecule has 0 bridgehead atoms. The summed E-state index contributed by atoms with van der Waals surface area (Å²) in [7, 11) is 1.66. The Morgan fingerprint density at radius 1 is 1.17 bits per heavy atom. The first-order chi connectivity index (χ1) is 14.7. The van der Waals surface area contributed by atoms with Crippen LogP contribution in [0.5, 0.6) is 5.75 Å². The van der Waals surface area contributed by atoms with Crippen molar-refractivity contribution < 1.29 is 9.13 Å². The van der Waals surface area contributed by atoms with E-state index in [9.17, 15) is 4.39 Å². The van der Waals surface area contributed by atoms with Crippen LogP contribution in [-0.2, 0) is 5.75 Å². The number of thiazole rings is 1. The maximum absolute atomic E-state index is 14.3. The van der Waals surface area contributed by atoms with Crippen LogP contribution >= 0.6 is 23.1 Å². The summed E-state index contributed by atoms with van der Waals surface area (Å²) in [5.41, 5.74) is 2.52. The number of halogens is 1. The number of hydrogen-bond acceptors (Lipinski definition) is 6. The number of hydrogen-bond donors (Lipinski definition) is 0. The Hall–Kier alpha value is -2.71. The quantitative estimate of drug-likeness (QED) is 0.339. The molecule has 5 rings (SSSR count). The van der Waals surface area contributed by atoms with Gasteiger partial charge in [-0.05, 0) is 37.1 Å². The third-order valence-corrected chi connectivity index (χ3v) is 6.83. The normalized spacial score (nSPS) is 13.5. The monoisotopic (exact) mass is 438 g/mol. The van der Waals surface area contributed by atoms with Gasteiger partial charge in [0, 0.05) is 22.7 Å². The third kappa shape index (κ3) is 3.85. The number of aromatic nitrogens is 4. The van der Waals surface area contributed by atoms with Gasteiger partial charge in [-0.3, -0.25) is 4.57 Å². The first-order valence-electron chi connectivity index (χ1n) is 9.64. The number of benzene rings is 2. The van der Waals surface area contributed by atoms with E-state index in [2.05, 4.69) is 20.1 Å². The Morgan fingerprint density at radius 2 is 2.03 bits per heavy atom. The maximum atomic E-state index is 14.3. The van der Waals surface area contributed by atoms with Crippen molar-refractivity contribution in [2.75, 3.05) is 7.11 Å². The fourth-order valence-corrected chi connectivity index (χ4v) is 5.08. The fourth-order valence-electron chi connectivity index (χ4n) is 3.26. The highest BCUT2D eigenvalue weighted by Gasteiger charge is 2.31. The van der Waals surface area contributed by atoms with Crippen molar-refractivity contribution in [3.8, 4) is 27.7 Å². The molecule has 0 aliphatic heterocycles. The summed E-state index contributed by atoms with van der Waals surface area (Å²) < 4.78 is 21.7. The van der Waals surface area contributed by atoms with E-state index >= 15 is 0 Å². The van der Waals surface area contributed by atoms with E-state index in [0.29, 0.717) is 23.2 Å². The lowest BCUT2D eigenvalue weighted by Gasteiger charge is -2.09. The van der Waals surface area contributed by atoms with Crippen molar-refractivity contribution >= 4 is 23.1 Å². The van der Waals surface area contributed by atoms with Crippen molar-refractivity contribution in [1.29, 1.82) is 0 Å². The lowest BCUT2D eigenvalue weighted by Crippen LogP contribution is -2.01. The van der Waals surface area contributed by atoms with Crippen LogP contribution in [0.25, 0.3) is 22.0 Å². The number of methoxy groups -OCH3 is 1. The van der Waals surface area contributed by atoms with E-state index < -0.39 is 0 Å². The number of nitrogens with zero attached hydrogens (tertiary/aromatic N) is 4. The van der Waals surface area contributed by atoms with E-state index in [1.54, 1.807) is 42.3 Å². The topological polar surface area (TPSA) is 52.8 Å². The zero-order valence-corrected chi connectivity index (χ0v) is 17.9. The fraction of sp³-hybridized carbons (Fsp3) is 0.227. The molecule has 0 N–H and O–H groups in total. The summed E-state index contributed by atoms with van der Waals surface area (Å²) in [6, 6.07) is 15.0. The van der Waals surface area contributed by atoms with Gasteiger partial charge < -0.3 is 4.74 Å². The molecule has 0 saturated heterocycles. The van der Waals surface area contributed by atoms with Gasteiger partial charge in [0.2, 0.25) is 0 Å². The molecule has 0 radical (unpaired) electrons.